The Morgan fingerprint density at radius 3 is 2.78 bits per heavy atom. The molecule has 0 amide bonds. The fourth-order valence-electron chi connectivity index (χ4n) is 2.23. The van der Waals surface area contributed by atoms with E-state index in [4.69, 9.17) is 4.74 Å². The molecule has 1 aromatic carbocycles. The second-order valence-corrected chi connectivity index (χ2v) is 6.01. The second kappa shape index (κ2) is 7.05. The minimum Gasteiger partial charge on any atom is -0.494 e. The molecule has 0 bridgehead atoms. The Morgan fingerprint density at radius 2 is 2.17 bits per heavy atom. The first-order chi connectivity index (χ1) is 8.79. The number of hydrogen-bond donors (Lipinski definition) is 1. The molecule has 0 aromatic heterocycles. The summed E-state index contributed by atoms with van der Waals surface area (Å²) in [6.07, 6.45) is 1.37. The number of rotatable bonds is 6. The molecule has 2 rings (SSSR count). The average Bonchev–Trinajstić information content (AvgIpc) is 2.90. The van der Waals surface area contributed by atoms with Crippen LogP contribution in [0, 0.1) is 5.92 Å². The van der Waals surface area contributed by atoms with E-state index in [1.165, 1.54) is 23.5 Å². The third kappa shape index (κ3) is 3.92. The van der Waals surface area contributed by atoms with E-state index in [2.05, 4.69) is 48.3 Å². The average molecular weight is 265 g/mol. The summed E-state index contributed by atoms with van der Waals surface area (Å²) in [4.78, 5) is 0. The zero-order valence-corrected chi connectivity index (χ0v) is 12.1. The number of thioether (sulfide) groups is 1. The van der Waals surface area contributed by atoms with E-state index in [0.717, 1.165) is 24.8 Å². The van der Waals surface area contributed by atoms with Gasteiger partial charge in [0.2, 0.25) is 0 Å². The second-order valence-electron chi connectivity index (χ2n) is 4.86. The van der Waals surface area contributed by atoms with Gasteiger partial charge in [0.15, 0.2) is 0 Å². The molecule has 0 spiro atoms. The number of nitrogens with one attached hydrogen (secondary N) is 1. The predicted octanol–water partition coefficient (Wildman–Crippen LogP) is 3.49. The van der Waals surface area contributed by atoms with Gasteiger partial charge in [-0.3, -0.25) is 0 Å². The van der Waals surface area contributed by atoms with Crippen LogP contribution in [0.1, 0.15) is 31.9 Å². The van der Waals surface area contributed by atoms with Crippen LogP contribution < -0.4 is 10.1 Å². The normalized spacial score (nSPS) is 20.9. The number of ether oxygens (including phenoxy) is 1. The molecule has 1 N–H and O–H groups in total. The Labute approximate surface area is 114 Å². The zero-order valence-electron chi connectivity index (χ0n) is 11.3. The van der Waals surface area contributed by atoms with Crippen molar-refractivity contribution in [3.63, 3.8) is 0 Å². The van der Waals surface area contributed by atoms with E-state index in [-0.39, 0.29) is 0 Å². The van der Waals surface area contributed by atoms with Gasteiger partial charge in [-0.15, -0.1) is 0 Å². The lowest BCUT2D eigenvalue weighted by molar-refractivity contribution is 0.340. The van der Waals surface area contributed by atoms with E-state index < -0.39 is 0 Å². The molecule has 1 heterocycles. The van der Waals surface area contributed by atoms with Crippen LogP contribution in [0.15, 0.2) is 24.3 Å². The van der Waals surface area contributed by atoms with E-state index >= 15 is 0 Å². The molecule has 1 fully saturated rings. The zero-order chi connectivity index (χ0) is 12.8. The van der Waals surface area contributed by atoms with Gasteiger partial charge >= 0.3 is 0 Å². The molecule has 1 saturated heterocycles. The van der Waals surface area contributed by atoms with Crippen LogP contribution in [0.4, 0.5) is 0 Å². The number of benzene rings is 1. The van der Waals surface area contributed by atoms with E-state index in [1.807, 2.05) is 6.92 Å². The van der Waals surface area contributed by atoms with Crippen molar-refractivity contribution in [1.82, 2.24) is 5.32 Å². The van der Waals surface area contributed by atoms with Crippen LogP contribution in [0.5, 0.6) is 5.75 Å². The lowest BCUT2D eigenvalue weighted by Gasteiger charge is -2.17. The topological polar surface area (TPSA) is 21.3 Å². The maximum Gasteiger partial charge on any atom is 0.119 e. The van der Waals surface area contributed by atoms with Gasteiger partial charge in [0, 0.05) is 6.04 Å². The Kier molecular flexibility index (Phi) is 5.39. The summed E-state index contributed by atoms with van der Waals surface area (Å²) < 4.78 is 5.46. The molecule has 100 valence electrons. The van der Waals surface area contributed by atoms with Crippen LogP contribution >= 0.6 is 11.8 Å². The van der Waals surface area contributed by atoms with Crippen molar-refractivity contribution in [2.24, 2.45) is 5.92 Å². The largest absolute Gasteiger partial charge is 0.494 e. The molecule has 2 unspecified atom stereocenters. The van der Waals surface area contributed by atoms with Gasteiger partial charge in [-0.2, -0.15) is 11.8 Å². The summed E-state index contributed by atoms with van der Waals surface area (Å²) in [6.45, 7) is 6.11. The van der Waals surface area contributed by atoms with E-state index in [9.17, 15) is 0 Å². The van der Waals surface area contributed by atoms with Gasteiger partial charge in [-0.25, -0.2) is 0 Å². The van der Waals surface area contributed by atoms with Crippen molar-refractivity contribution in [2.75, 3.05) is 24.7 Å². The summed E-state index contributed by atoms with van der Waals surface area (Å²) in [5, 5.41) is 3.64. The Balaban J connectivity index is 1.81. The van der Waals surface area contributed by atoms with Crippen molar-refractivity contribution in [2.45, 2.75) is 26.3 Å². The standard InChI is InChI=1S/C15H23NOS/c1-3-17-15-6-4-14(5-7-15)12(2)16-10-13-8-9-18-11-13/h4-7,12-13,16H,3,8-11H2,1-2H3. The van der Waals surface area contributed by atoms with Gasteiger partial charge in [-0.05, 0) is 61.9 Å². The monoisotopic (exact) mass is 265 g/mol. The summed E-state index contributed by atoms with van der Waals surface area (Å²) in [7, 11) is 0. The molecule has 2 atom stereocenters. The Bertz CT molecular complexity index is 346. The highest BCUT2D eigenvalue weighted by molar-refractivity contribution is 7.99. The minimum absolute atomic E-state index is 0.422. The molecule has 18 heavy (non-hydrogen) atoms. The van der Waals surface area contributed by atoms with Crippen molar-refractivity contribution >= 4 is 11.8 Å². The maximum absolute atomic E-state index is 5.46. The third-order valence-electron chi connectivity index (χ3n) is 3.43. The quantitative estimate of drug-likeness (QED) is 0.851. The summed E-state index contributed by atoms with van der Waals surface area (Å²) in [6, 6.07) is 8.86. The highest BCUT2D eigenvalue weighted by Crippen LogP contribution is 2.24. The summed E-state index contributed by atoms with van der Waals surface area (Å²) in [5.74, 6) is 4.48. The molecule has 0 saturated carbocycles. The SMILES string of the molecule is CCOc1ccc(C(C)NCC2CCSC2)cc1. The molecule has 2 nitrogen and oxygen atoms in total. The highest BCUT2D eigenvalue weighted by atomic mass is 32.2. The van der Waals surface area contributed by atoms with Gasteiger partial charge in [-0.1, -0.05) is 12.1 Å². The first kappa shape index (κ1) is 13.8. The van der Waals surface area contributed by atoms with E-state index in [1.54, 1.807) is 0 Å². The van der Waals surface area contributed by atoms with Crippen LogP contribution in [-0.2, 0) is 0 Å². The molecule has 1 aliphatic rings. The highest BCUT2D eigenvalue weighted by Gasteiger charge is 2.16. The van der Waals surface area contributed by atoms with Crippen LogP contribution in [0.3, 0.4) is 0 Å². The minimum atomic E-state index is 0.422. The molecule has 0 radical (unpaired) electrons. The van der Waals surface area contributed by atoms with Gasteiger partial charge in [0.1, 0.15) is 5.75 Å². The molecule has 1 aliphatic heterocycles. The van der Waals surface area contributed by atoms with Crippen LogP contribution in [-0.4, -0.2) is 24.7 Å². The lowest BCUT2D eigenvalue weighted by Crippen LogP contribution is -2.25. The lowest BCUT2D eigenvalue weighted by atomic mass is 10.1. The number of hydrogen-bond acceptors (Lipinski definition) is 3. The maximum atomic E-state index is 5.46. The van der Waals surface area contributed by atoms with Gasteiger partial charge < -0.3 is 10.1 Å². The molecule has 0 aliphatic carbocycles. The van der Waals surface area contributed by atoms with Crippen molar-refractivity contribution < 1.29 is 4.74 Å². The van der Waals surface area contributed by atoms with Crippen LogP contribution in [0.2, 0.25) is 0 Å². The predicted molar refractivity (Wildman–Crippen MR) is 79.5 cm³/mol. The molecule has 1 aromatic rings. The first-order valence-corrected chi connectivity index (χ1v) is 7.99. The summed E-state index contributed by atoms with van der Waals surface area (Å²) >= 11 is 2.08. The third-order valence-corrected chi connectivity index (χ3v) is 4.66. The van der Waals surface area contributed by atoms with Crippen molar-refractivity contribution in [3.8, 4) is 5.75 Å². The molecular formula is C15H23NOS. The first-order valence-electron chi connectivity index (χ1n) is 6.83. The van der Waals surface area contributed by atoms with Crippen LogP contribution in [0.25, 0.3) is 0 Å². The summed E-state index contributed by atoms with van der Waals surface area (Å²) in [5.41, 5.74) is 1.34. The van der Waals surface area contributed by atoms with Gasteiger partial charge in [0.25, 0.3) is 0 Å². The smallest absolute Gasteiger partial charge is 0.119 e. The molecule has 3 heteroatoms. The Hall–Kier alpha value is -0.670. The van der Waals surface area contributed by atoms with Crippen molar-refractivity contribution in [1.29, 1.82) is 0 Å². The molecular weight excluding hydrogens is 242 g/mol. The fraction of sp³-hybridized carbons (Fsp3) is 0.600. The van der Waals surface area contributed by atoms with E-state index in [0.29, 0.717) is 6.04 Å². The fourth-order valence-corrected chi connectivity index (χ4v) is 3.51. The van der Waals surface area contributed by atoms with Gasteiger partial charge in [0.05, 0.1) is 6.61 Å². The Morgan fingerprint density at radius 1 is 1.39 bits per heavy atom. The van der Waals surface area contributed by atoms with Crippen molar-refractivity contribution in [3.05, 3.63) is 29.8 Å².